The minimum atomic E-state index is -4.54. The average Bonchev–Trinajstić information content (AvgIpc) is 2.95. The van der Waals surface area contributed by atoms with E-state index < -0.39 is 20.2 Å². The molecule has 5 N–H and O–H groups in total. The highest BCUT2D eigenvalue weighted by atomic mass is 32.2. The van der Waals surface area contributed by atoms with Gasteiger partial charge >= 0.3 is 0 Å². The summed E-state index contributed by atoms with van der Waals surface area (Å²) in [6, 6.07) is 28.1. The van der Waals surface area contributed by atoms with Crippen LogP contribution < -0.4 is 16.2 Å². The van der Waals surface area contributed by atoms with E-state index in [1.54, 1.807) is 42.5 Å². The molecule has 0 spiro atoms. The first-order valence-electron chi connectivity index (χ1n) is 12.5. The molecule has 0 saturated carbocycles. The van der Waals surface area contributed by atoms with Gasteiger partial charge in [0.2, 0.25) is 0 Å². The van der Waals surface area contributed by atoms with E-state index in [9.17, 15) is 25.9 Å². The molecule has 5 aromatic carbocycles. The Hall–Kier alpha value is -4.82. The first-order chi connectivity index (χ1) is 20.0. The number of rotatable bonds is 9. The predicted molar refractivity (Wildman–Crippen MR) is 162 cm³/mol. The minimum absolute atomic E-state index is 0.234. The van der Waals surface area contributed by atoms with Crippen molar-refractivity contribution in [2.45, 2.75) is 16.7 Å². The van der Waals surface area contributed by atoms with Gasteiger partial charge in [-0.3, -0.25) is 9.11 Å². The van der Waals surface area contributed by atoms with E-state index in [2.05, 4.69) is 26.4 Å². The standard InChI is InChI=1S/C29H25N5O6S2/c1-19-17-22(13-14-25(19)33-31-21-9-5-10-23(18-21)41(35,36)37)32-34-26-15-16-27(30-20-7-3-2-4-8-20)29-24(26)11-6-12-28(29)42(38,39)40/h2-18,30-31,33H,1H3,(H,35,36,37)(H,38,39,40). The number of aryl methyl sites for hydroxylation is 1. The van der Waals surface area contributed by atoms with Gasteiger partial charge < -0.3 is 16.2 Å². The molecule has 0 aliphatic heterocycles. The van der Waals surface area contributed by atoms with E-state index in [1.165, 1.54) is 30.3 Å². The van der Waals surface area contributed by atoms with Crippen molar-refractivity contribution in [2.75, 3.05) is 16.2 Å². The molecular formula is C29H25N5O6S2. The fourth-order valence-electron chi connectivity index (χ4n) is 4.28. The van der Waals surface area contributed by atoms with Crippen LogP contribution in [-0.4, -0.2) is 25.9 Å². The van der Waals surface area contributed by atoms with E-state index in [1.807, 2.05) is 37.3 Å². The lowest BCUT2D eigenvalue weighted by atomic mass is 10.1. The molecule has 0 aliphatic carbocycles. The molecule has 13 heteroatoms. The van der Waals surface area contributed by atoms with Crippen molar-refractivity contribution in [2.24, 2.45) is 10.2 Å². The Morgan fingerprint density at radius 1 is 0.643 bits per heavy atom. The van der Waals surface area contributed by atoms with Gasteiger partial charge in [0.25, 0.3) is 20.2 Å². The Labute approximate surface area is 242 Å². The molecule has 0 atom stereocenters. The van der Waals surface area contributed by atoms with E-state index >= 15 is 0 Å². The second-order valence-electron chi connectivity index (χ2n) is 9.23. The second kappa shape index (κ2) is 11.6. The Morgan fingerprint density at radius 2 is 1.36 bits per heavy atom. The summed E-state index contributed by atoms with van der Waals surface area (Å²) in [6.45, 7) is 1.84. The zero-order chi connectivity index (χ0) is 29.9. The molecule has 0 saturated heterocycles. The third-order valence-electron chi connectivity index (χ3n) is 6.27. The molecule has 5 rings (SSSR count). The van der Waals surface area contributed by atoms with Gasteiger partial charge in [-0.2, -0.15) is 21.9 Å². The lowest BCUT2D eigenvalue weighted by Crippen LogP contribution is -2.10. The molecule has 5 aromatic rings. The van der Waals surface area contributed by atoms with Crippen molar-refractivity contribution in [3.05, 3.63) is 109 Å². The summed E-state index contributed by atoms with van der Waals surface area (Å²) in [5.74, 6) is 0. The smallest absolute Gasteiger partial charge is 0.295 e. The maximum absolute atomic E-state index is 12.2. The van der Waals surface area contributed by atoms with Crippen LogP contribution in [0.4, 0.5) is 34.1 Å². The largest absolute Gasteiger partial charge is 0.355 e. The average molecular weight is 604 g/mol. The number of anilines is 4. The molecule has 0 aliphatic rings. The first kappa shape index (κ1) is 28.7. The monoisotopic (exact) mass is 603 g/mol. The number of hydrogen-bond donors (Lipinski definition) is 5. The van der Waals surface area contributed by atoms with E-state index in [0.29, 0.717) is 33.8 Å². The van der Waals surface area contributed by atoms with Crippen molar-refractivity contribution in [3.8, 4) is 0 Å². The first-order valence-corrected chi connectivity index (χ1v) is 15.3. The number of nitrogens with one attached hydrogen (secondary N) is 3. The fraction of sp³-hybridized carbons (Fsp3) is 0.0345. The van der Waals surface area contributed by atoms with E-state index in [0.717, 1.165) is 11.3 Å². The number of hydrazine groups is 1. The molecule has 42 heavy (non-hydrogen) atoms. The Kier molecular flexibility index (Phi) is 7.91. The minimum Gasteiger partial charge on any atom is -0.355 e. The number of azo groups is 1. The van der Waals surface area contributed by atoms with Crippen LogP contribution in [0.3, 0.4) is 0 Å². The Balaban J connectivity index is 1.42. The van der Waals surface area contributed by atoms with E-state index in [4.69, 9.17) is 0 Å². The number of hydrogen-bond acceptors (Lipinski definition) is 9. The number of nitrogens with zero attached hydrogens (tertiary/aromatic N) is 2. The predicted octanol–water partition coefficient (Wildman–Crippen LogP) is 7.24. The van der Waals surface area contributed by atoms with Crippen LogP contribution in [0.25, 0.3) is 10.8 Å². The van der Waals surface area contributed by atoms with Gasteiger partial charge in [-0.15, -0.1) is 5.11 Å². The number of para-hydroxylation sites is 1. The third-order valence-corrected chi connectivity index (χ3v) is 8.01. The van der Waals surface area contributed by atoms with Crippen LogP contribution >= 0.6 is 0 Å². The van der Waals surface area contributed by atoms with Crippen molar-refractivity contribution in [3.63, 3.8) is 0 Å². The van der Waals surface area contributed by atoms with E-state index in [-0.39, 0.29) is 15.2 Å². The summed E-state index contributed by atoms with van der Waals surface area (Å²) in [7, 11) is -8.87. The zero-order valence-corrected chi connectivity index (χ0v) is 23.7. The SMILES string of the molecule is Cc1cc(N=Nc2ccc(Nc3ccccc3)c3c(S(=O)(=O)O)cccc23)ccc1NNc1cccc(S(=O)(=O)O)c1. The van der Waals surface area contributed by atoms with Gasteiger partial charge in [0.1, 0.15) is 4.90 Å². The highest BCUT2D eigenvalue weighted by Gasteiger charge is 2.19. The zero-order valence-electron chi connectivity index (χ0n) is 22.1. The summed E-state index contributed by atoms with van der Waals surface area (Å²) in [6.07, 6.45) is 0. The maximum atomic E-state index is 12.2. The normalized spacial score (nSPS) is 12.0. The van der Waals surface area contributed by atoms with Crippen molar-refractivity contribution < 1.29 is 25.9 Å². The van der Waals surface area contributed by atoms with Crippen molar-refractivity contribution >= 4 is 65.1 Å². The van der Waals surface area contributed by atoms with Crippen LogP contribution in [0, 0.1) is 6.92 Å². The van der Waals surface area contributed by atoms with Crippen LogP contribution in [0.15, 0.2) is 123 Å². The summed E-state index contributed by atoms with van der Waals surface area (Å²) < 4.78 is 66.4. The third kappa shape index (κ3) is 6.56. The molecule has 0 radical (unpaired) electrons. The highest BCUT2D eigenvalue weighted by molar-refractivity contribution is 7.86. The summed E-state index contributed by atoms with van der Waals surface area (Å²) in [5, 5.41) is 12.7. The van der Waals surface area contributed by atoms with Crippen molar-refractivity contribution in [1.29, 1.82) is 0 Å². The van der Waals surface area contributed by atoms with Gasteiger partial charge in [-0.05, 0) is 79.2 Å². The van der Waals surface area contributed by atoms with Gasteiger partial charge in [0.15, 0.2) is 0 Å². The molecule has 0 amide bonds. The number of benzene rings is 5. The quantitative estimate of drug-likeness (QED) is 0.0662. The lowest BCUT2D eigenvalue weighted by Gasteiger charge is -2.14. The van der Waals surface area contributed by atoms with Gasteiger partial charge in [0.05, 0.1) is 27.6 Å². The summed E-state index contributed by atoms with van der Waals surface area (Å²) in [5.41, 5.74) is 9.94. The lowest BCUT2D eigenvalue weighted by molar-refractivity contribution is 0.481. The molecular weight excluding hydrogens is 578 g/mol. The Bertz CT molecular complexity index is 2030. The van der Waals surface area contributed by atoms with Gasteiger partial charge in [0, 0.05) is 22.1 Å². The summed E-state index contributed by atoms with van der Waals surface area (Å²) in [4.78, 5) is -0.488. The molecule has 0 bridgehead atoms. The maximum Gasteiger partial charge on any atom is 0.295 e. The van der Waals surface area contributed by atoms with Crippen molar-refractivity contribution in [1.82, 2.24) is 0 Å². The Morgan fingerprint density at radius 3 is 2.07 bits per heavy atom. The van der Waals surface area contributed by atoms with Crippen LogP contribution in [0.5, 0.6) is 0 Å². The molecule has 0 unspecified atom stereocenters. The van der Waals surface area contributed by atoms with Crippen LogP contribution in [-0.2, 0) is 20.2 Å². The highest BCUT2D eigenvalue weighted by Crippen LogP contribution is 2.38. The topological polar surface area (TPSA) is 170 Å². The molecule has 0 fully saturated rings. The molecule has 0 aromatic heterocycles. The fourth-order valence-corrected chi connectivity index (χ4v) is 5.53. The van der Waals surface area contributed by atoms with Gasteiger partial charge in [-0.1, -0.05) is 36.4 Å². The van der Waals surface area contributed by atoms with Crippen LogP contribution in [0.2, 0.25) is 0 Å². The van der Waals surface area contributed by atoms with Gasteiger partial charge in [-0.25, -0.2) is 0 Å². The number of fused-ring (bicyclic) bond motifs is 1. The molecule has 11 nitrogen and oxygen atoms in total. The van der Waals surface area contributed by atoms with Crippen LogP contribution in [0.1, 0.15) is 5.56 Å². The molecule has 214 valence electrons. The summed E-state index contributed by atoms with van der Waals surface area (Å²) >= 11 is 0. The molecule has 0 heterocycles. The second-order valence-corrected chi connectivity index (χ2v) is 12.0.